The van der Waals surface area contributed by atoms with E-state index in [0.717, 1.165) is 11.1 Å². The van der Waals surface area contributed by atoms with E-state index in [2.05, 4.69) is 0 Å². The zero-order chi connectivity index (χ0) is 26.7. The molecular weight excluding hydrogens is 512 g/mol. The van der Waals surface area contributed by atoms with Gasteiger partial charge in [0.2, 0.25) is 5.76 Å². The van der Waals surface area contributed by atoms with Crippen LogP contribution in [0.1, 0.15) is 32.8 Å². The molecule has 2 amide bonds. The third kappa shape index (κ3) is 3.25. The summed E-state index contributed by atoms with van der Waals surface area (Å²) >= 11 is 6.49. The fraction of sp³-hybridized carbons (Fsp3) is 0.0938. The number of anilines is 1. The lowest BCUT2D eigenvalue weighted by Crippen LogP contribution is -2.52. The van der Waals surface area contributed by atoms with E-state index in [9.17, 15) is 14.4 Å². The summed E-state index contributed by atoms with van der Waals surface area (Å²) in [6.07, 6.45) is 0. The van der Waals surface area contributed by atoms with Crippen LogP contribution in [0, 0.1) is 0 Å². The number of benzene rings is 4. The first kappa shape index (κ1) is 23.4. The molecule has 7 heteroatoms. The third-order valence-corrected chi connectivity index (χ3v) is 7.98. The first-order chi connectivity index (χ1) is 19.0. The Hall–Kier alpha value is -4.68. The minimum atomic E-state index is -1.69. The Morgan fingerprint density at radius 2 is 1.44 bits per heavy atom. The first-order valence-electron chi connectivity index (χ1n) is 12.6. The van der Waals surface area contributed by atoms with Crippen LogP contribution >= 0.6 is 11.6 Å². The Morgan fingerprint density at radius 3 is 2.26 bits per heavy atom. The summed E-state index contributed by atoms with van der Waals surface area (Å²) in [7, 11) is 0. The number of fused-ring (bicyclic) bond motifs is 5. The maximum absolute atomic E-state index is 14.8. The second-order valence-electron chi connectivity index (χ2n) is 9.72. The van der Waals surface area contributed by atoms with E-state index < -0.39 is 22.8 Å². The van der Waals surface area contributed by atoms with Gasteiger partial charge < -0.3 is 14.2 Å². The molecule has 7 rings (SSSR count). The smallest absolute Gasteiger partial charge is 0.291 e. The minimum Gasteiger partial charge on any atom is -0.450 e. The van der Waals surface area contributed by atoms with Crippen LogP contribution < -0.4 is 10.3 Å². The van der Waals surface area contributed by atoms with Crippen molar-refractivity contribution in [3.63, 3.8) is 0 Å². The molecule has 1 atom stereocenters. The molecule has 0 radical (unpaired) electrons. The van der Waals surface area contributed by atoms with Gasteiger partial charge in [-0.25, -0.2) is 0 Å². The van der Waals surface area contributed by atoms with Gasteiger partial charge in [-0.3, -0.25) is 14.4 Å². The van der Waals surface area contributed by atoms with Crippen molar-refractivity contribution < 1.29 is 14.0 Å². The molecule has 0 fully saturated rings. The number of para-hydroxylation sites is 2. The Balaban J connectivity index is 1.52. The van der Waals surface area contributed by atoms with Gasteiger partial charge >= 0.3 is 0 Å². The maximum atomic E-state index is 14.8. The van der Waals surface area contributed by atoms with Gasteiger partial charge in [-0.2, -0.15) is 0 Å². The van der Waals surface area contributed by atoms with E-state index in [1.54, 1.807) is 35.2 Å². The van der Waals surface area contributed by atoms with Crippen molar-refractivity contribution in [2.75, 3.05) is 4.90 Å². The van der Waals surface area contributed by atoms with Crippen molar-refractivity contribution in [2.24, 2.45) is 0 Å². The molecule has 0 saturated carbocycles. The van der Waals surface area contributed by atoms with E-state index in [-0.39, 0.29) is 24.4 Å². The molecule has 190 valence electrons. The summed E-state index contributed by atoms with van der Waals surface area (Å²) in [6.45, 7) is 0.290. The lowest BCUT2D eigenvalue weighted by molar-refractivity contribution is -0.126. The van der Waals surface area contributed by atoms with Gasteiger partial charge in [-0.05, 0) is 35.4 Å². The van der Waals surface area contributed by atoms with E-state index in [0.29, 0.717) is 27.2 Å². The molecule has 3 heterocycles. The summed E-state index contributed by atoms with van der Waals surface area (Å²) in [5, 5.41) is 0.845. The third-order valence-electron chi connectivity index (χ3n) is 7.61. The Kier molecular flexibility index (Phi) is 5.22. The van der Waals surface area contributed by atoms with Gasteiger partial charge in [-0.1, -0.05) is 90.5 Å². The molecule has 0 bridgehead atoms. The average molecular weight is 533 g/mol. The van der Waals surface area contributed by atoms with Crippen LogP contribution in [-0.2, 0) is 23.4 Å². The highest BCUT2D eigenvalue weighted by atomic mass is 35.5. The van der Waals surface area contributed by atoms with Crippen LogP contribution in [0.5, 0.6) is 0 Å². The molecule has 39 heavy (non-hydrogen) atoms. The quantitative estimate of drug-likeness (QED) is 0.289. The van der Waals surface area contributed by atoms with E-state index >= 15 is 0 Å². The molecule has 4 aromatic carbocycles. The van der Waals surface area contributed by atoms with Gasteiger partial charge in [-0.15, -0.1) is 0 Å². The van der Waals surface area contributed by atoms with E-state index in [1.807, 2.05) is 72.8 Å². The van der Waals surface area contributed by atoms with E-state index in [1.165, 1.54) is 4.90 Å². The van der Waals surface area contributed by atoms with Crippen LogP contribution in [0.3, 0.4) is 0 Å². The predicted octanol–water partition coefficient (Wildman–Crippen LogP) is 5.89. The van der Waals surface area contributed by atoms with Crippen molar-refractivity contribution >= 4 is 40.1 Å². The molecule has 0 N–H and O–H groups in total. The highest BCUT2D eigenvalue weighted by molar-refractivity contribution is 6.31. The number of hydrogen-bond donors (Lipinski definition) is 0. The SMILES string of the molecule is O=C1c2oc3ccccc3c(=O)c2C2(C(=O)N(Cc3ccccc3Cl)c3ccccc32)N1Cc1ccccc1. The van der Waals surface area contributed by atoms with Crippen LogP contribution in [0.4, 0.5) is 5.69 Å². The molecule has 1 aromatic heterocycles. The second kappa shape index (κ2) is 8.68. The fourth-order valence-corrected chi connectivity index (χ4v) is 6.07. The largest absolute Gasteiger partial charge is 0.450 e. The summed E-state index contributed by atoms with van der Waals surface area (Å²) in [6, 6.07) is 30.9. The molecule has 0 saturated heterocycles. The molecule has 0 aliphatic carbocycles. The Labute approximate surface area is 228 Å². The number of halogens is 1. The van der Waals surface area contributed by atoms with Crippen LogP contribution in [-0.4, -0.2) is 16.7 Å². The average Bonchev–Trinajstić information content (AvgIpc) is 3.35. The highest BCUT2D eigenvalue weighted by Crippen LogP contribution is 2.53. The van der Waals surface area contributed by atoms with E-state index in [4.69, 9.17) is 16.0 Å². The summed E-state index contributed by atoms with van der Waals surface area (Å²) in [4.78, 5) is 46.2. The topological polar surface area (TPSA) is 70.8 Å². The highest BCUT2D eigenvalue weighted by Gasteiger charge is 2.65. The first-order valence-corrected chi connectivity index (χ1v) is 13.0. The lowest BCUT2D eigenvalue weighted by atomic mass is 9.83. The maximum Gasteiger partial charge on any atom is 0.291 e. The minimum absolute atomic E-state index is 0.0567. The van der Waals surface area contributed by atoms with Gasteiger partial charge in [0.1, 0.15) is 5.58 Å². The van der Waals surface area contributed by atoms with Gasteiger partial charge in [0, 0.05) is 17.1 Å². The number of nitrogens with zero attached hydrogens (tertiary/aromatic N) is 2. The summed E-state index contributed by atoms with van der Waals surface area (Å²) < 4.78 is 6.10. The molecule has 6 nitrogen and oxygen atoms in total. The molecule has 1 spiro atoms. The zero-order valence-electron chi connectivity index (χ0n) is 20.6. The monoisotopic (exact) mass is 532 g/mol. The van der Waals surface area contributed by atoms with Crippen molar-refractivity contribution in [1.29, 1.82) is 0 Å². The molecule has 2 aliphatic heterocycles. The number of carbonyl (C=O) groups is 2. The molecule has 1 unspecified atom stereocenters. The normalized spacial score (nSPS) is 17.8. The number of rotatable bonds is 4. The predicted molar refractivity (Wildman–Crippen MR) is 149 cm³/mol. The van der Waals surface area contributed by atoms with Crippen LogP contribution in [0.2, 0.25) is 5.02 Å². The number of amides is 2. The summed E-state index contributed by atoms with van der Waals surface area (Å²) in [5.41, 5.74) is 1.04. The van der Waals surface area contributed by atoms with Crippen LogP contribution in [0.15, 0.2) is 112 Å². The molecule has 2 aliphatic rings. The van der Waals surface area contributed by atoms with Crippen molar-refractivity contribution in [1.82, 2.24) is 4.90 Å². The molecule has 5 aromatic rings. The van der Waals surface area contributed by atoms with Crippen molar-refractivity contribution in [3.05, 3.63) is 146 Å². The number of carbonyl (C=O) groups excluding carboxylic acids is 2. The second-order valence-corrected chi connectivity index (χ2v) is 10.1. The van der Waals surface area contributed by atoms with Crippen molar-refractivity contribution in [2.45, 2.75) is 18.6 Å². The molecular formula is C32H21ClN2O4. The standard InChI is InChI=1S/C32H21ClN2O4/c33-24-15-7-4-12-21(24)19-34-25-16-8-6-14-23(25)32(31(34)38)27-28(36)22-13-5-9-17-26(22)39-29(27)30(37)35(32)18-20-10-2-1-3-11-20/h1-17H,18-19H2. The Morgan fingerprint density at radius 1 is 0.744 bits per heavy atom. The van der Waals surface area contributed by atoms with Gasteiger partial charge in [0.05, 0.1) is 23.2 Å². The summed E-state index contributed by atoms with van der Waals surface area (Å²) in [5.74, 6) is -0.994. The van der Waals surface area contributed by atoms with Gasteiger partial charge in [0.15, 0.2) is 11.0 Å². The number of hydrogen-bond acceptors (Lipinski definition) is 4. The Bertz CT molecular complexity index is 1870. The van der Waals surface area contributed by atoms with Crippen molar-refractivity contribution in [3.8, 4) is 0 Å². The van der Waals surface area contributed by atoms with Crippen LogP contribution in [0.25, 0.3) is 11.0 Å². The zero-order valence-corrected chi connectivity index (χ0v) is 21.4. The fourth-order valence-electron chi connectivity index (χ4n) is 5.88. The lowest BCUT2D eigenvalue weighted by Gasteiger charge is -2.34. The van der Waals surface area contributed by atoms with Gasteiger partial charge in [0.25, 0.3) is 11.8 Å².